The molecule has 0 radical (unpaired) electrons. The summed E-state index contributed by atoms with van der Waals surface area (Å²) in [5, 5.41) is 5.38. The molecule has 0 bridgehead atoms. The van der Waals surface area contributed by atoms with Crippen molar-refractivity contribution in [2.75, 3.05) is 30.9 Å². The molecule has 2 N–H and O–H groups in total. The van der Waals surface area contributed by atoms with E-state index in [-0.39, 0.29) is 17.4 Å². The summed E-state index contributed by atoms with van der Waals surface area (Å²) >= 11 is 6.73. The lowest BCUT2D eigenvalue weighted by molar-refractivity contribution is -0.127. The molecule has 1 aliphatic rings. The van der Waals surface area contributed by atoms with E-state index in [1.807, 2.05) is 25.1 Å². The zero-order valence-electron chi connectivity index (χ0n) is 21.9. The summed E-state index contributed by atoms with van der Waals surface area (Å²) < 4.78 is 11.0. The number of hydrogen-bond donors (Lipinski definition) is 2. The smallest absolute Gasteiger partial charge is 0.294 e. The molecule has 206 valence electrons. The van der Waals surface area contributed by atoms with Gasteiger partial charge in [0.25, 0.3) is 17.1 Å². The molecule has 0 spiro atoms. The van der Waals surface area contributed by atoms with Gasteiger partial charge in [0.15, 0.2) is 18.1 Å². The summed E-state index contributed by atoms with van der Waals surface area (Å²) in [6.45, 7) is 3.03. The molecule has 1 saturated heterocycles. The van der Waals surface area contributed by atoms with Crippen LogP contribution in [-0.4, -0.2) is 48.1 Å². The fourth-order valence-electron chi connectivity index (χ4n) is 3.79. The molecule has 4 amide bonds. The maximum atomic E-state index is 12.9. The number of para-hydroxylation sites is 1. The Bertz CT molecular complexity index is 1520. The van der Waals surface area contributed by atoms with Crippen LogP contribution in [0.4, 0.5) is 16.2 Å². The number of carbonyl (C=O) groups excluding carboxylic acids is 4. The molecular weight excluding hydrogens is 554 g/mol. The highest BCUT2D eigenvalue weighted by Crippen LogP contribution is 2.34. The van der Waals surface area contributed by atoms with Crippen LogP contribution in [0.15, 0.2) is 65.6 Å². The number of carbonyl (C=O) groups is 4. The van der Waals surface area contributed by atoms with Crippen LogP contribution in [0.3, 0.4) is 0 Å². The first-order valence-electron chi connectivity index (χ1n) is 12.1. The van der Waals surface area contributed by atoms with Crippen molar-refractivity contribution in [1.82, 2.24) is 4.90 Å². The topological polar surface area (TPSA) is 114 Å². The highest BCUT2D eigenvalue weighted by atomic mass is 35.5. The van der Waals surface area contributed by atoms with Gasteiger partial charge in [-0.25, -0.2) is 0 Å². The van der Waals surface area contributed by atoms with Crippen molar-refractivity contribution >= 4 is 63.8 Å². The van der Waals surface area contributed by atoms with Crippen molar-refractivity contribution in [1.29, 1.82) is 0 Å². The van der Waals surface area contributed by atoms with E-state index >= 15 is 0 Å². The number of amides is 4. The number of hydrogen-bond acceptors (Lipinski definition) is 7. The molecule has 0 atom stereocenters. The van der Waals surface area contributed by atoms with Crippen LogP contribution in [0.25, 0.3) is 6.08 Å². The average molecular weight is 580 g/mol. The van der Waals surface area contributed by atoms with Crippen LogP contribution < -0.4 is 20.1 Å². The van der Waals surface area contributed by atoms with Gasteiger partial charge in [-0.05, 0) is 78.7 Å². The summed E-state index contributed by atoms with van der Waals surface area (Å²) in [6.07, 6.45) is 1.53. The molecule has 1 heterocycles. The van der Waals surface area contributed by atoms with Crippen LogP contribution >= 0.6 is 23.4 Å². The van der Waals surface area contributed by atoms with E-state index in [1.165, 1.54) is 13.2 Å². The molecule has 0 unspecified atom stereocenters. The Morgan fingerprint density at radius 2 is 1.65 bits per heavy atom. The summed E-state index contributed by atoms with van der Waals surface area (Å²) in [5.41, 5.74) is 3.49. The zero-order valence-corrected chi connectivity index (χ0v) is 23.5. The number of aryl methyl sites for hydroxylation is 2. The van der Waals surface area contributed by atoms with Gasteiger partial charge in [0.1, 0.15) is 6.54 Å². The Balaban J connectivity index is 1.39. The van der Waals surface area contributed by atoms with Crippen LogP contribution in [0, 0.1) is 13.8 Å². The fraction of sp³-hybridized carbons (Fsp3) is 0.172. The lowest BCUT2D eigenvalue weighted by Crippen LogP contribution is -2.36. The van der Waals surface area contributed by atoms with Crippen molar-refractivity contribution in [2.45, 2.75) is 13.8 Å². The number of halogens is 1. The second-order valence-corrected chi connectivity index (χ2v) is 10.3. The SMILES string of the molecule is COc1cc(/C=C2\SC(=O)N(CC(=O)Nc3cc(Cl)ccc3C)C2=O)ccc1OCC(=O)Nc1ccccc1C. The first-order valence-corrected chi connectivity index (χ1v) is 13.3. The zero-order chi connectivity index (χ0) is 28.8. The van der Waals surface area contributed by atoms with Gasteiger partial charge in [-0.2, -0.15) is 0 Å². The third-order valence-corrected chi connectivity index (χ3v) is 7.05. The number of rotatable bonds is 9. The van der Waals surface area contributed by atoms with Gasteiger partial charge in [0.05, 0.1) is 12.0 Å². The lowest BCUT2D eigenvalue weighted by atomic mass is 10.2. The molecule has 3 aromatic carbocycles. The maximum absolute atomic E-state index is 12.9. The second-order valence-electron chi connectivity index (χ2n) is 8.84. The molecule has 0 aliphatic carbocycles. The predicted molar refractivity (Wildman–Crippen MR) is 156 cm³/mol. The molecule has 11 heteroatoms. The van der Waals surface area contributed by atoms with Crippen LogP contribution in [0.2, 0.25) is 5.02 Å². The van der Waals surface area contributed by atoms with Crippen molar-refractivity contribution < 1.29 is 28.7 Å². The molecule has 40 heavy (non-hydrogen) atoms. The predicted octanol–water partition coefficient (Wildman–Crippen LogP) is 5.66. The van der Waals surface area contributed by atoms with E-state index in [4.69, 9.17) is 21.1 Å². The quantitative estimate of drug-likeness (QED) is 0.314. The Morgan fingerprint density at radius 1 is 0.925 bits per heavy atom. The first kappa shape index (κ1) is 28.7. The van der Waals surface area contributed by atoms with Crippen LogP contribution in [0.5, 0.6) is 11.5 Å². The minimum atomic E-state index is -0.583. The number of benzene rings is 3. The van der Waals surface area contributed by atoms with Gasteiger partial charge in [0, 0.05) is 16.4 Å². The Morgan fingerprint density at radius 3 is 2.40 bits per heavy atom. The number of imide groups is 1. The molecule has 0 saturated carbocycles. The van der Waals surface area contributed by atoms with E-state index < -0.39 is 23.6 Å². The van der Waals surface area contributed by atoms with E-state index in [0.29, 0.717) is 33.5 Å². The van der Waals surface area contributed by atoms with Gasteiger partial charge < -0.3 is 20.1 Å². The van der Waals surface area contributed by atoms with Crippen molar-refractivity contribution in [2.24, 2.45) is 0 Å². The van der Waals surface area contributed by atoms with Gasteiger partial charge in [-0.1, -0.05) is 41.9 Å². The maximum Gasteiger partial charge on any atom is 0.294 e. The minimum absolute atomic E-state index is 0.157. The fourth-order valence-corrected chi connectivity index (χ4v) is 4.80. The van der Waals surface area contributed by atoms with E-state index in [0.717, 1.165) is 27.8 Å². The van der Waals surface area contributed by atoms with Crippen LogP contribution in [0.1, 0.15) is 16.7 Å². The van der Waals surface area contributed by atoms with Gasteiger partial charge in [-0.3, -0.25) is 24.1 Å². The van der Waals surface area contributed by atoms with Crippen molar-refractivity contribution in [3.63, 3.8) is 0 Å². The van der Waals surface area contributed by atoms with Gasteiger partial charge in [-0.15, -0.1) is 0 Å². The molecule has 3 aromatic rings. The third-order valence-electron chi connectivity index (χ3n) is 5.91. The van der Waals surface area contributed by atoms with Crippen molar-refractivity contribution in [3.05, 3.63) is 87.3 Å². The number of methoxy groups -OCH3 is 1. The minimum Gasteiger partial charge on any atom is -0.493 e. The highest BCUT2D eigenvalue weighted by Gasteiger charge is 2.36. The Labute approximate surface area is 240 Å². The molecule has 9 nitrogen and oxygen atoms in total. The number of thioether (sulfide) groups is 1. The molecule has 1 fully saturated rings. The van der Waals surface area contributed by atoms with E-state index in [1.54, 1.807) is 49.4 Å². The van der Waals surface area contributed by atoms with Gasteiger partial charge >= 0.3 is 0 Å². The number of nitrogens with one attached hydrogen (secondary N) is 2. The lowest BCUT2D eigenvalue weighted by Gasteiger charge is -2.14. The Hall–Kier alpha value is -4.28. The molecule has 4 rings (SSSR count). The number of nitrogens with zero attached hydrogens (tertiary/aromatic N) is 1. The average Bonchev–Trinajstić information content (AvgIpc) is 3.18. The van der Waals surface area contributed by atoms with E-state index in [9.17, 15) is 19.2 Å². The standard InChI is InChI=1S/C29H26ClN3O6S/c1-17-6-4-5-7-21(17)31-27(35)16-39-23-11-9-19(12-24(23)38-3)13-25-28(36)33(29(37)40-25)15-26(34)32-22-14-20(30)10-8-18(22)2/h4-14H,15-16H2,1-3H3,(H,31,35)(H,32,34)/b25-13-. The normalized spacial score (nSPS) is 13.9. The molecular formula is C29H26ClN3O6S. The largest absolute Gasteiger partial charge is 0.493 e. The first-order chi connectivity index (χ1) is 19.1. The summed E-state index contributed by atoms with van der Waals surface area (Å²) in [5.74, 6) is -0.763. The highest BCUT2D eigenvalue weighted by molar-refractivity contribution is 8.18. The summed E-state index contributed by atoms with van der Waals surface area (Å²) in [4.78, 5) is 51.4. The van der Waals surface area contributed by atoms with Crippen LogP contribution in [-0.2, 0) is 14.4 Å². The summed E-state index contributed by atoms with van der Waals surface area (Å²) in [7, 11) is 1.45. The van der Waals surface area contributed by atoms with Crippen molar-refractivity contribution in [3.8, 4) is 11.5 Å². The summed E-state index contributed by atoms with van der Waals surface area (Å²) in [6, 6.07) is 17.4. The Kier molecular flexibility index (Phi) is 9.13. The molecule has 1 aliphatic heterocycles. The van der Waals surface area contributed by atoms with E-state index in [2.05, 4.69) is 10.6 Å². The monoisotopic (exact) mass is 579 g/mol. The third kappa shape index (κ3) is 7.02. The second kappa shape index (κ2) is 12.7. The number of ether oxygens (including phenoxy) is 2. The number of anilines is 2. The molecule has 0 aromatic heterocycles. The van der Waals surface area contributed by atoms with Gasteiger partial charge in [0.2, 0.25) is 5.91 Å².